The van der Waals surface area contributed by atoms with Crippen molar-refractivity contribution in [3.8, 4) is 0 Å². The average molecular weight is 273 g/mol. The summed E-state index contributed by atoms with van der Waals surface area (Å²) in [5.74, 6) is 2.12. The summed E-state index contributed by atoms with van der Waals surface area (Å²) in [5.41, 5.74) is 6.05. The molecule has 0 saturated carbocycles. The van der Waals surface area contributed by atoms with Crippen LogP contribution >= 0.6 is 23.3 Å². The highest BCUT2D eigenvalue weighted by Gasteiger charge is 2.22. The lowest BCUT2D eigenvalue weighted by atomic mass is 10.1. The molecule has 3 N–H and O–H groups in total. The minimum Gasteiger partial charge on any atom is -0.465 e. The predicted octanol–water partition coefficient (Wildman–Crippen LogP) is 1.82. The van der Waals surface area contributed by atoms with E-state index in [-0.39, 0.29) is 5.82 Å². The molecule has 2 rings (SSSR count). The maximum absolute atomic E-state index is 11.6. The zero-order chi connectivity index (χ0) is 12.3. The zero-order valence-corrected chi connectivity index (χ0v) is 11.2. The molecule has 0 atom stereocenters. The number of methoxy groups -OCH3 is 1. The number of thioether (sulfide) groups is 1. The fourth-order valence-electron chi connectivity index (χ4n) is 1.73. The van der Waals surface area contributed by atoms with Crippen LogP contribution in [0.5, 0.6) is 0 Å². The number of rotatable bonds is 3. The molecular weight excluding hydrogens is 258 g/mol. The molecule has 17 heavy (non-hydrogen) atoms. The van der Waals surface area contributed by atoms with E-state index in [2.05, 4.69) is 9.69 Å². The first kappa shape index (κ1) is 12.5. The number of carbonyl (C=O) groups excluding carboxylic acids is 1. The van der Waals surface area contributed by atoms with E-state index >= 15 is 0 Å². The third kappa shape index (κ3) is 2.84. The number of nitrogens with two attached hydrogens (primary N) is 1. The van der Waals surface area contributed by atoms with Crippen LogP contribution in [0.2, 0.25) is 0 Å². The highest BCUT2D eigenvalue weighted by Crippen LogP contribution is 2.30. The van der Waals surface area contributed by atoms with E-state index in [1.807, 2.05) is 11.8 Å². The second-order valence-corrected chi connectivity index (χ2v) is 5.79. The summed E-state index contributed by atoms with van der Waals surface area (Å²) in [6.07, 6.45) is 2.20. The molecule has 0 aliphatic carbocycles. The van der Waals surface area contributed by atoms with Crippen LogP contribution in [0, 0.1) is 0 Å². The number of hydrogen-bond acceptors (Lipinski definition) is 7. The maximum atomic E-state index is 11.6. The van der Waals surface area contributed by atoms with Gasteiger partial charge in [-0.2, -0.15) is 16.1 Å². The van der Waals surface area contributed by atoms with Crippen molar-refractivity contribution in [2.45, 2.75) is 18.9 Å². The molecule has 1 aliphatic heterocycles. The Morgan fingerprint density at radius 2 is 2.24 bits per heavy atom. The lowest BCUT2D eigenvalue weighted by molar-refractivity contribution is 0.0603. The first-order valence-corrected chi connectivity index (χ1v) is 7.33. The molecular formula is C10H15N3O2S2. The number of ether oxygens (including phenoxy) is 1. The lowest BCUT2D eigenvalue weighted by Gasteiger charge is -2.22. The van der Waals surface area contributed by atoms with E-state index in [1.165, 1.54) is 18.6 Å². The summed E-state index contributed by atoms with van der Waals surface area (Å²) in [6, 6.07) is 0.402. The Balaban J connectivity index is 2.12. The maximum Gasteiger partial charge on any atom is 0.344 e. The molecule has 0 aromatic carbocycles. The SMILES string of the molecule is COC(=O)c1c(N)nsc1NC1CCSCC1. The normalized spacial score (nSPS) is 16.8. The largest absolute Gasteiger partial charge is 0.465 e. The Morgan fingerprint density at radius 1 is 1.53 bits per heavy atom. The molecule has 7 heteroatoms. The van der Waals surface area contributed by atoms with Crippen molar-refractivity contribution in [2.75, 3.05) is 29.7 Å². The van der Waals surface area contributed by atoms with E-state index in [0.717, 1.165) is 29.3 Å². The summed E-state index contributed by atoms with van der Waals surface area (Å²) >= 11 is 3.18. The molecule has 5 nitrogen and oxygen atoms in total. The van der Waals surface area contributed by atoms with Crippen molar-refractivity contribution in [1.82, 2.24) is 4.37 Å². The van der Waals surface area contributed by atoms with Gasteiger partial charge in [-0.05, 0) is 35.9 Å². The number of carbonyl (C=O) groups is 1. The summed E-state index contributed by atoms with van der Waals surface area (Å²) in [7, 11) is 1.35. The van der Waals surface area contributed by atoms with Crippen LogP contribution < -0.4 is 11.1 Å². The summed E-state index contributed by atoms with van der Waals surface area (Å²) < 4.78 is 8.71. The second kappa shape index (κ2) is 5.59. The van der Waals surface area contributed by atoms with Gasteiger partial charge in [-0.3, -0.25) is 0 Å². The van der Waals surface area contributed by atoms with Gasteiger partial charge in [-0.1, -0.05) is 0 Å². The number of aromatic nitrogens is 1. The molecule has 1 aromatic rings. The number of anilines is 2. The quantitative estimate of drug-likeness (QED) is 0.818. The van der Waals surface area contributed by atoms with Crippen LogP contribution in [0.3, 0.4) is 0 Å². The van der Waals surface area contributed by atoms with Crippen LogP contribution in [0.1, 0.15) is 23.2 Å². The highest BCUT2D eigenvalue weighted by atomic mass is 32.2. The van der Waals surface area contributed by atoms with Crippen molar-refractivity contribution in [3.63, 3.8) is 0 Å². The third-order valence-corrected chi connectivity index (χ3v) is 4.51. The standard InChI is InChI=1S/C10H15N3O2S2/c1-15-10(14)7-8(11)13-17-9(7)12-6-2-4-16-5-3-6/h6,12H,2-5H2,1H3,(H2,11,13). The molecule has 2 heterocycles. The molecule has 1 fully saturated rings. The predicted molar refractivity (Wildman–Crippen MR) is 71.8 cm³/mol. The smallest absolute Gasteiger partial charge is 0.344 e. The van der Waals surface area contributed by atoms with Crippen LogP contribution in [0.25, 0.3) is 0 Å². The molecule has 94 valence electrons. The molecule has 0 unspecified atom stereocenters. The number of nitrogens with one attached hydrogen (secondary N) is 1. The number of hydrogen-bond donors (Lipinski definition) is 2. The van der Waals surface area contributed by atoms with Crippen LogP contribution in [0.15, 0.2) is 0 Å². The van der Waals surface area contributed by atoms with Gasteiger partial charge < -0.3 is 15.8 Å². The molecule has 0 amide bonds. The van der Waals surface area contributed by atoms with Gasteiger partial charge in [0.1, 0.15) is 10.6 Å². The van der Waals surface area contributed by atoms with Crippen molar-refractivity contribution in [1.29, 1.82) is 0 Å². The Bertz CT molecular complexity index is 402. The van der Waals surface area contributed by atoms with Gasteiger partial charge in [0.2, 0.25) is 0 Å². The monoisotopic (exact) mass is 273 g/mol. The highest BCUT2D eigenvalue weighted by molar-refractivity contribution is 7.99. The van der Waals surface area contributed by atoms with Crippen LogP contribution in [-0.4, -0.2) is 35.0 Å². The Labute approximate surface area is 108 Å². The molecule has 0 bridgehead atoms. The minimum absolute atomic E-state index is 0.245. The fourth-order valence-corrected chi connectivity index (χ4v) is 3.61. The van der Waals surface area contributed by atoms with E-state index < -0.39 is 5.97 Å². The van der Waals surface area contributed by atoms with Crippen molar-refractivity contribution < 1.29 is 9.53 Å². The minimum atomic E-state index is -0.427. The summed E-state index contributed by atoms with van der Waals surface area (Å²) in [5, 5.41) is 4.08. The fraction of sp³-hybridized carbons (Fsp3) is 0.600. The van der Waals surface area contributed by atoms with E-state index in [9.17, 15) is 4.79 Å². The van der Waals surface area contributed by atoms with E-state index in [1.54, 1.807) is 0 Å². The Morgan fingerprint density at radius 3 is 2.88 bits per heavy atom. The van der Waals surface area contributed by atoms with Gasteiger partial charge in [0.05, 0.1) is 7.11 Å². The van der Waals surface area contributed by atoms with Gasteiger partial charge in [0.15, 0.2) is 5.82 Å². The van der Waals surface area contributed by atoms with Crippen molar-refractivity contribution in [2.24, 2.45) is 0 Å². The lowest BCUT2D eigenvalue weighted by Crippen LogP contribution is -2.25. The van der Waals surface area contributed by atoms with Crippen molar-refractivity contribution >= 4 is 40.1 Å². The zero-order valence-electron chi connectivity index (χ0n) is 9.56. The van der Waals surface area contributed by atoms with Crippen molar-refractivity contribution in [3.05, 3.63) is 5.56 Å². The molecule has 1 aromatic heterocycles. The summed E-state index contributed by atoms with van der Waals surface area (Å²) in [6.45, 7) is 0. The first-order chi connectivity index (χ1) is 8.22. The van der Waals surface area contributed by atoms with Gasteiger partial charge >= 0.3 is 5.97 Å². The summed E-state index contributed by atoms with van der Waals surface area (Å²) in [4.78, 5) is 11.6. The van der Waals surface area contributed by atoms with Crippen LogP contribution in [-0.2, 0) is 4.74 Å². The van der Waals surface area contributed by atoms with E-state index in [4.69, 9.17) is 10.5 Å². The molecule has 1 saturated heterocycles. The Hall–Kier alpha value is -0.950. The number of nitrogens with zero attached hydrogens (tertiary/aromatic N) is 1. The van der Waals surface area contributed by atoms with Crippen LogP contribution in [0.4, 0.5) is 10.8 Å². The Kier molecular flexibility index (Phi) is 4.11. The van der Waals surface area contributed by atoms with E-state index in [0.29, 0.717) is 11.6 Å². The first-order valence-electron chi connectivity index (χ1n) is 5.40. The second-order valence-electron chi connectivity index (χ2n) is 3.79. The topological polar surface area (TPSA) is 77.2 Å². The third-order valence-electron chi connectivity index (χ3n) is 2.66. The van der Waals surface area contributed by atoms with Gasteiger partial charge in [0.25, 0.3) is 0 Å². The van der Waals surface area contributed by atoms with Gasteiger partial charge in [-0.15, -0.1) is 0 Å². The van der Waals surface area contributed by atoms with Gasteiger partial charge in [0, 0.05) is 6.04 Å². The van der Waals surface area contributed by atoms with Gasteiger partial charge in [-0.25, -0.2) is 4.79 Å². The average Bonchev–Trinajstić information content (AvgIpc) is 2.71. The molecule has 1 aliphatic rings. The molecule has 0 spiro atoms. The number of esters is 1. The number of nitrogen functional groups attached to an aromatic ring is 1. The molecule has 0 radical (unpaired) electrons.